The number of carboxylic acids is 1. The maximum Gasteiger partial charge on any atom is 0.322 e. The molecule has 2 N–H and O–H groups in total. The van der Waals surface area contributed by atoms with Gasteiger partial charge in [0.25, 0.3) is 10.2 Å². The highest BCUT2D eigenvalue weighted by Gasteiger charge is 2.45. The summed E-state index contributed by atoms with van der Waals surface area (Å²) in [6, 6.07) is -1.14. The van der Waals surface area contributed by atoms with Gasteiger partial charge < -0.3 is 10.2 Å². The smallest absolute Gasteiger partial charge is 0.322 e. The number of carbonyl (C=O) groups is 1. The fraction of sp³-hybridized carbons (Fsp3) is 0.889. The van der Waals surface area contributed by atoms with E-state index in [2.05, 4.69) is 0 Å². The summed E-state index contributed by atoms with van der Waals surface area (Å²) in [6.07, 6.45) is 0.664. The Morgan fingerprint density at radius 2 is 1.82 bits per heavy atom. The third-order valence-electron chi connectivity index (χ3n) is 3.21. The standard InChI is InChI=1S/C9H16N2O5S/c12-7-5-8(9(13)14)11(6-7)17(15,16)10-3-1-2-4-10/h7-8,12H,1-6H2,(H,13,14)/t7-,8-/m0/s1. The molecule has 0 unspecified atom stereocenters. The van der Waals surface area contributed by atoms with Crippen molar-refractivity contribution in [3.63, 3.8) is 0 Å². The van der Waals surface area contributed by atoms with E-state index in [1.807, 2.05) is 0 Å². The third kappa shape index (κ3) is 2.30. The maximum absolute atomic E-state index is 12.2. The van der Waals surface area contributed by atoms with Crippen LogP contribution in [-0.4, -0.2) is 65.0 Å². The molecule has 2 fully saturated rings. The summed E-state index contributed by atoms with van der Waals surface area (Å²) >= 11 is 0. The van der Waals surface area contributed by atoms with E-state index < -0.39 is 28.3 Å². The van der Waals surface area contributed by atoms with Crippen molar-refractivity contribution < 1.29 is 23.4 Å². The molecule has 2 rings (SSSR count). The quantitative estimate of drug-likeness (QED) is 0.670. The Kier molecular flexibility index (Phi) is 3.39. The SMILES string of the molecule is O=C(O)[C@@H]1C[C@H](O)CN1S(=O)(=O)N1CCCC1. The number of β-amino-alcohol motifs (C(OH)–C–C–N with tert-alkyl or cyclic N) is 1. The second-order valence-corrected chi connectivity index (χ2v) is 6.31. The molecule has 7 nitrogen and oxygen atoms in total. The van der Waals surface area contributed by atoms with E-state index in [0.29, 0.717) is 13.1 Å². The lowest BCUT2D eigenvalue weighted by molar-refractivity contribution is -0.140. The van der Waals surface area contributed by atoms with Crippen molar-refractivity contribution in [3.8, 4) is 0 Å². The number of aliphatic carboxylic acids is 1. The molecule has 0 aromatic heterocycles. The summed E-state index contributed by atoms with van der Waals surface area (Å²) < 4.78 is 26.5. The van der Waals surface area contributed by atoms with Gasteiger partial charge in [0.15, 0.2) is 0 Å². The van der Waals surface area contributed by atoms with Crippen LogP contribution in [0.1, 0.15) is 19.3 Å². The summed E-state index contributed by atoms with van der Waals surface area (Å²) in [5.41, 5.74) is 0. The van der Waals surface area contributed by atoms with Gasteiger partial charge in [-0.05, 0) is 12.8 Å². The van der Waals surface area contributed by atoms with Gasteiger partial charge in [-0.2, -0.15) is 17.0 Å². The molecule has 2 saturated heterocycles. The largest absolute Gasteiger partial charge is 0.480 e. The van der Waals surface area contributed by atoms with Crippen LogP contribution in [0, 0.1) is 0 Å². The molecule has 0 bridgehead atoms. The lowest BCUT2D eigenvalue weighted by Gasteiger charge is -2.26. The average molecular weight is 264 g/mol. The molecule has 17 heavy (non-hydrogen) atoms. The first-order valence-electron chi connectivity index (χ1n) is 5.60. The van der Waals surface area contributed by atoms with E-state index >= 15 is 0 Å². The Bertz CT molecular complexity index is 404. The van der Waals surface area contributed by atoms with Crippen molar-refractivity contribution in [1.29, 1.82) is 0 Å². The zero-order valence-electron chi connectivity index (χ0n) is 9.32. The van der Waals surface area contributed by atoms with E-state index in [4.69, 9.17) is 5.11 Å². The average Bonchev–Trinajstić information content (AvgIpc) is 2.84. The van der Waals surface area contributed by atoms with E-state index in [0.717, 1.165) is 17.1 Å². The topological polar surface area (TPSA) is 98.1 Å². The number of rotatable bonds is 3. The van der Waals surface area contributed by atoms with Crippen LogP contribution in [0.5, 0.6) is 0 Å². The normalized spacial score (nSPS) is 32.1. The van der Waals surface area contributed by atoms with Crippen molar-refractivity contribution >= 4 is 16.2 Å². The zero-order valence-corrected chi connectivity index (χ0v) is 10.1. The molecular formula is C9H16N2O5S. The second-order valence-electron chi connectivity index (χ2n) is 4.43. The van der Waals surface area contributed by atoms with Gasteiger partial charge in [0.2, 0.25) is 0 Å². The third-order valence-corrected chi connectivity index (χ3v) is 5.22. The first kappa shape index (κ1) is 12.7. The Hall–Kier alpha value is -0.700. The predicted octanol–water partition coefficient (Wildman–Crippen LogP) is -1.15. The van der Waals surface area contributed by atoms with Gasteiger partial charge in [-0.3, -0.25) is 4.79 Å². The molecule has 2 atom stereocenters. The van der Waals surface area contributed by atoms with Gasteiger partial charge in [-0.1, -0.05) is 0 Å². The molecule has 0 radical (unpaired) electrons. The van der Waals surface area contributed by atoms with Crippen molar-refractivity contribution in [3.05, 3.63) is 0 Å². The monoisotopic (exact) mass is 264 g/mol. The molecule has 0 aromatic rings. The van der Waals surface area contributed by atoms with Crippen LogP contribution in [0.25, 0.3) is 0 Å². The number of hydrogen-bond acceptors (Lipinski definition) is 4. The number of aliphatic hydroxyl groups excluding tert-OH is 1. The summed E-state index contributed by atoms with van der Waals surface area (Å²) in [4.78, 5) is 11.0. The molecule has 0 saturated carbocycles. The maximum atomic E-state index is 12.2. The summed E-state index contributed by atoms with van der Waals surface area (Å²) in [5.74, 6) is -1.20. The van der Waals surface area contributed by atoms with Crippen LogP contribution < -0.4 is 0 Å². The van der Waals surface area contributed by atoms with Crippen LogP contribution in [0.15, 0.2) is 0 Å². The zero-order chi connectivity index (χ0) is 12.6. The number of nitrogens with zero attached hydrogens (tertiary/aromatic N) is 2. The molecule has 0 aromatic carbocycles. The Morgan fingerprint density at radius 1 is 1.24 bits per heavy atom. The minimum absolute atomic E-state index is 0.0393. The number of carboxylic acid groups (broad SMARTS) is 1. The Balaban J connectivity index is 2.22. The fourth-order valence-corrected chi connectivity index (χ4v) is 4.21. The van der Waals surface area contributed by atoms with E-state index in [1.165, 1.54) is 4.31 Å². The highest BCUT2D eigenvalue weighted by Crippen LogP contribution is 2.26. The minimum atomic E-state index is -3.74. The first-order valence-corrected chi connectivity index (χ1v) is 7.00. The lowest BCUT2D eigenvalue weighted by Crippen LogP contribution is -2.47. The first-order chi connectivity index (χ1) is 7.93. The molecule has 8 heteroatoms. The highest BCUT2D eigenvalue weighted by atomic mass is 32.2. The highest BCUT2D eigenvalue weighted by molar-refractivity contribution is 7.86. The summed E-state index contributed by atoms with van der Waals surface area (Å²) in [7, 11) is -3.74. The van der Waals surface area contributed by atoms with Gasteiger partial charge >= 0.3 is 5.97 Å². The van der Waals surface area contributed by atoms with Crippen LogP contribution in [0.3, 0.4) is 0 Å². The van der Waals surface area contributed by atoms with E-state index in [-0.39, 0.29) is 13.0 Å². The van der Waals surface area contributed by atoms with Gasteiger partial charge in [-0.25, -0.2) is 0 Å². The van der Waals surface area contributed by atoms with Gasteiger partial charge in [0, 0.05) is 26.1 Å². The van der Waals surface area contributed by atoms with Crippen molar-refractivity contribution in [2.24, 2.45) is 0 Å². The van der Waals surface area contributed by atoms with Crippen LogP contribution in [0.4, 0.5) is 0 Å². The van der Waals surface area contributed by atoms with Crippen molar-refractivity contribution in [2.75, 3.05) is 19.6 Å². The van der Waals surface area contributed by atoms with Crippen LogP contribution in [0.2, 0.25) is 0 Å². The minimum Gasteiger partial charge on any atom is -0.480 e. The summed E-state index contributed by atoms with van der Waals surface area (Å²) in [6.45, 7) is 0.734. The molecular weight excluding hydrogens is 248 g/mol. The molecule has 98 valence electrons. The van der Waals surface area contributed by atoms with Gasteiger partial charge in [-0.15, -0.1) is 0 Å². The van der Waals surface area contributed by atoms with E-state index in [1.54, 1.807) is 0 Å². The Labute approximate surface area is 99.8 Å². The molecule has 2 aliphatic heterocycles. The number of hydrogen-bond donors (Lipinski definition) is 2. The predicted molar refractivity (Wildman–Crippen MR) is 58.5 cm³/mol. The lowest BCUT2D eigenvalue weighted by atomic mass is 10.2. The fourth-order valence-electron chi connectivity index (χ4n) is 2.33. The molecule has 2 heterocycles. The molecule has 0 aliphatic carbocycles. The Morgan fingerprint density at radius 3 is 2.35 bits per heavy atom. The van der Waals surface area contributed by atoms with Crippen LogP contribution >= 0.6 is 0 Å². The van der Waals surface area contributed by atoms with Gasteiger partial charge in [0.1, 0.15) is 6.04 Å². The van der Waals surface area contributed by atoms with Crippen molar-refractivity contribution in [1.82, 2.24) is 8.61 Å². The summed E-state index contributed by atoms with van der Waals surface area (Å²) in [5, 5.41) is 18.4. The number of aliphatic hydroxyl groups is 1. The second kappa shape index (κ2) is 4.52. The van der Waals surface area contributed by atoms with Crippen molar-refractivity contribution in [2.45, 2.75) is 31.4 Å². The molecule has 2 aliphatic rings. The van der Waals surface area contributed by atoms with E-state index in [9.17, 15) is 18.3 Å². The van der Waals surface area contributed by atoms with Crippen LogP contribution in [-0.2, 0) is 15.0 Å². The van der Waals surface area contributed by atoms with Gasteiger partial charge in [0.05, 0.1) is 6.10 Å². The molecule has 0 amide bonds. The molecule has 0 spiro atoms.